The molecule has 1 saturated heterocycles. The first-order valence-corrected chi connectivity index (χ1v) is 8.63. The molecular weight excluding hydrogens is 284 g/mol. The minimum Gasteiger partial charge on any atom is -0.370 e. The molecular formula is C20H26N2O. The molecule has 3 rings (SSSR count). The summed E-state index contributed by atoms with van der Waals surface area (Å²) in [6.45, 7) is 3.51. The second-order valence-corrected chi connectivity index (χ2v) is 6.74. The van der Waals surface area contributed by atoms with E-state index in [9.17, 15) is 4.79 Å². The van der Waals surface area contributed by atoms with Crippen molar-refractivity contribution in [2.75, 3.05) is 19.6 Å². The number of primary amides is 1. The van der Waals surface area contributed by atoms with Crippen molar-refractivity contribution in [2.24, 2.45) is 11.7 Å². The first kappa shape index (κ1) is 16.0. The zero-order valence-corrected chi connectivity index (χ0v) is 13.7. The zero-order valence-electron chi connectivity index (χ0n) is 13.7. The standard InChI is InChI=1S/C20H26N2O/c21-19(23)16-20(17-8-2-1-3-9-17)12-5-4-10-18(20)11-15-22-13-6-7-14-22/h1-5,8-10,12,18H,6-7,11,13-16H2,(H2,21,23)/t18?,20-/m0/s1. The van der Waals surface area contributed by atoms with Crippen molar-refractivity contribution in [3.63, 3.8) is 0 Å². The predicted octanol–water partition coefficient (Wildman–Crippen LogP) is 3.03. The molecule has 3 nitrogen and oxygen atoms in total. The van der Waals surface area contributed by atoms with Gasteiger partial charge in [-0.3, -0.25) is 4.79 Å². The van der Waals surface area contributed by atoms with E-state index in [1.165, 1.54) is 31.5 Å². The van der Waals surface area contributed by atoms with Crippen LogP contribution in [-0.4, -0.2) is 30.4 Å². The Morgan fingerprint density at radius 2 is 1.91 bits per heavy atom. The van der Waals surface area contributed by atoms with Crippen LogP contribution in [0.3, 0.4) is 0 Å². The number of amides is 1. The summed E-state index contributed by atoms with van der Waals surface area (Å²) in [5.41, 5.74) is 6.50. The van der Waals surface area contributed by atoms with E-state index >= 15 is 0 Å². The first-order chi connectivity index (χ1) is 11.2. The van der Waals surface area contributed by atoms with Crippen LogP contribution in [0.4, 0.5) is 0 Å². The molecule has 1 fully saturated rings. The smallest absolute Gasteiger partial charge is 0.218 e. The van der Waals surface area contributed by atoms with E-state index < -0.39 is 0 Å². The fourth-order valence-electron chi connectivity index (χ4n) is 4.04. The number of carbonyl (C=O) groups excluding carboxylic acids is 1. The second kappa shape index (κ2) is 7.14. The van der Waals surface area contributed by atoms with Gasteiger partial charge in [0.2, 0.25) is 5.91 Å². The summed E-state index contributed by atoms with van der Waals surface area (Å²) in [6, 6.07) is 10.3. The van der Waals surface area contributed by atoms with Gasteiger partial charge in [-0.1, -0.05) is 54.6 Å². The maximum Gasteiger partial charge on any atom is 0.218 e. The third kappa shape index (κ3) is 3.56. The lowest BCUT2D eigenvalue weighted by Crippen LogP contribution is -2.39. The molecule has 2 aliphatic rings. The Balaban J connectivity index is 1.85. The maximum absolute atomic E-state index is 11.8. The summed E-state index contributed by atoms with van der Waals surface area (Å²) in [5, 5.41) is 0. The van der Waals surface area contributed by atoms with E-state index in [1.807, 2.05) is 18.2 Å². The average Bonchev–Trinajstić information content (AvgIpc) is 3.08. The van der Waals surface area contributed by atoms with Crippen molar-refractivity contribution in [3.05, 3.63) is 60.2 Å². The van der Waals surface area contributed by atoms with Gasteiger partial charge < -0.3 is 10.6 Å². The molecule has 2 N–H and O–H groups in total. The number of nitrogens with two attached hydrogens (primary N) is 1. The minimum absolute atomic E-state index is 0.236. The SMILES string of the molecule is NC(=O)C[C@]1(c2ccccc2)C=CC=CC1CCN1CCCC1. The summed E-state index contributed by atoms with van der Waals surface area (Å²) in [6.07, 6.45) is 12.6. The lowest BCUT2D eigenvalue weighted by molar-refractivity contribution is -0.119. The Kier molecular flexibility index (Phi) is 4.97. The Labute approximate surface area is 138 Å². The number of rotatable bonds is 6. The fraction of sp³-hybridized carbons (Fsp3) is 0.450. The Morgan fingerprint density at radius 1 is 1.17 bits per heavy atom. The van der Waals surface area contributed by atoms with Crippen molar-refractivity contribution in [1.82, 2.24) is 4.90 Å². The molecule has 0 saturated carbocycles. The van der Waals surface area contributed by atoms with Gasteiger partial charge in [-0.25, -0.2) is 0 Å². The fourth-order valence-corrected chi connectivity index (χ4v) is 4.04. The molecule has 0 radical (unpaired) electrons. The number of likely N-dealkylation sites (tertiary alicyclic amines) is 1. The van der Waals surface area contributed by atoms with Crippen LogP contribution in [0.1, 0.15) is 31.2 Å². The van der Waals surface area contributed by atoms with E-state index in [0.717, 1.165) is 13.0 Å². The quantitative estimate of drug-likeness (QED) is 0.878. The average molecular weight is 310 g/mol. The number of nitrogens with zero attached hydrogens (tertiary/aromatic N) is 1. The van der Waals surface area contributed by atoms with Gasteiger partial charge in [-0.2, -0.15) is 0 Å². The molecule has 2 atom stereocenters. The molecule has 1 aromatic rings. The van der Waals surface area contributed by atoms with Gasteiger partial charge in [0.15, 0.2) is 0 Å². The first-order valence-electron chi connectivity index (χ1n) is 8.63. The lowest BCUT2D eigenvalue weighted by atomic mass is 9.65. The second-order valence-electron chi connectivity index (χ2n) is 6.74. The normalized spacial score (nSPS) is 27.4. The Morgan fingerprint density at radius 3 is 2.61 bits per heavy atom. The van der Waals surface area contributed by atoms with Gasteiger partial charge in [0.1, 0.15) is 0 Å². The van der Waals surface area contributed by atoms with E-state index in [1.54, 1.807) is 0 Å². The van der Waals surface area contributed by atoms with Crippen LogP contribution in [0.2, 0.25) is 0 Å². The van der Waals surface area contributed by atoms with Crippen LogP contribution in [0.15, 0.2) is 54.6 Å². The molecule has 1 aliphatic carbocycles. The van der Waals surface area contributed by atoms with Gasteiger partial charge >= 0.3 is 0 Å². The molecule has 122 valence electrons. The predicted molar refractivity (Wildman–Crippen MR) is 94.0 cm³/mol. The molecule has 0 bridgehead atoms. The monoisotopic (exact) mass is 310 g/mol. The molecule has 1 aromatic carbocycles. The molecule has 1 unspecified atom stereocenters. The molecule has 1 heterocycles. The summed E-state index contributed by atoms with van der Waals surface area (Å²) < 4.78 is 0. The summed E-state index contributed by atoms with van der Waals surface area (Å²) >= 11 is 0. The number of hydrogen-bond acceptors (Lipinski definition) is 2. The summed E-state index contributed by atoms with van der Waals surface area (Å²) in [4.78, 5) is 14.3. The van der Waals surface area contributed by atoms with E-state index in [-0.39, 0.29) is 11.3 Å². The van der Waals surface area contributed by atoms with E-state index in [4.69, 9.17) is 5.73 Å². The zero-order chi connectivity index (χ0) is 16.1. The van der Waals surface area contributed by atoms with Crippen LogP contribution < -0.4 is 5.73 Å². The van der Waals surface area contributed by atoms with Crippen molar-refractivity contribution in [2.45, 2.75) is 31.1 Å². The summed E-state index contributed by atoms with van der Waals surface area (Å²) in [5.74, 6) is 0.0722. The largest absolute Gasteiger partial charge is 0.370 e. The van der Waals surface area contributed by atoms with Gasteiger partial charge in [-0.15, -0.1) is 0 Å². The highest BCUT2D eigenvalue weighted by Gasteiger charge is 2.39. The lowest BCUT2D eigenvalue weighted by Gasteiger charge is -2.39. The van der Waals surface area contributed by atoms with Crippen LogP contribution in [-0.2, 0) is 10.2 Å². The number of hydrogen-bond donors (Lipinski definition) is 1. The molecule has 1 aliphatic heterocycles. The highest BCUT2D eigenvalue weighted by Crippen LogP contribution is 2.42. The Hall–Kier alpha value is -1.87. The van der Waals surface area contributed by atoms with Gasteiger partial charge in [-0.05, 0) is 50.4 Å². The van der Waals surface area contributed by atoms with E-state index in [2.05, 4.69) is 41.3 Å². The van der Waals surface area contributed by atoms with Crippen molar-refractivity contribution in [3.8, 4) is 0 Å². The number of carbonyl (C=O) groups is 1. The van der Waals surface area contributed by atoms with Gasteiger partial charge in [0.25, 0.3) is 0 Å². The maximum atomic E-state index is 11.8. The topological polar surface area (TPSA) is 46.3 Å². The third-order valence-electron chi connectivity index (χ3n) is 5.24. The molecule has 23 heavy (non-hydrogen) atoms. The van der Waals surface area contributed by atoms with Gasteiger partial charge in [0.05, 0.1) is 0 Å². The highest BCUT2D eigenvalue weighted by atomic mass is 16.1. The molecule has 1 amide bonds. The van der Waals surface area contributed by atoms with Crippen molar-refractivity contribution in [1.29, 1.82) is 0 Å². The van der Waals surface area contributed by atoms with Crippen LogP contribution in [0.5, 0.6) is 0 Å². The third-order valence-corrected chi connectivity index (χ3v) is 5.24. The Bertz CT molecular complexity index is 587. The molecule has 0 aromatic heterocycles. The van der Waals surface area contributed by atoms with E-state index in [0.29, 0.717) is 12.3 Å². The van der Waals surface area contributed by atoms with Crippen LogP contribution in [0.25, 0.3) is 0 Å². The van der Waals surface area contributed by atoms with Crippen LogP contribution in [0, 0.1) is 5.92 Å². The van der Waals surface area contributed by atoms with Crippen LogP contribution >= 0.6 is 0 Å². The van der Waals surface area contributed by atoms with Gasteiger partial charge in [0, 0.05) is 11.8 Å². The van der Waals surface area contributed by atoms with Crippen molar-refractivity contribution >= 4 is 5.91 Å². The summed E-state index contributed by atoms with van der Waals surface area (Å²) in [7, 11) is 0. The molecule has 3 heteroatoms. The number of benzene rings is 1. The minimum atomic E-state index is -0.304. The number of allylic oxidation sites excluding steroid dienone is 4. The van der Waals surface area contributed by atoms with Crippen molar-refractivity contribution < 1.29 is 4.79 Å². The highest BCUT2D eigenvalue weighted by molar-refractivity contribution is 5.76. The molecule has 0 spiro atoms.